The minimum atomic E-state index is -0.423. The summed E-state index contributed by atoms with van der Waals surface area (Å²) in [5.41, 5.74) is 2.47. The molecule has 0 aliphatic carbocycles. The number of amides is 1. The number of thioether (sulfide) groups is 1. The second-order valence-electron chi connectivity index (χ2n) is 6.41. The Balaban J connectivity index is 1.46. The first-order chi connectivity index (χ1) is 13.5. The van der Waals surface area contributed by atoms with Crippen LogP contribution in [0.15, 0.2) is 40.1 Å². The number of anilines is 1. The Morgan fingerprint density at radius 3 is 2.89 bits per heavy atom. The first-order valence-electron chi connectivity index (χ1n) is 8.60. The average Bonchev–Trinajstić information content (AvgIpc) is 3.37. The van der Waals surface area contributed by atoms with Crippen molar-refractivity contribution in [3.63, 3.8) is 0 Å². The van der Waals surface area contributed by atoms with Crippen LogP contribution < -0.4 is 4.90 Å². The van der Waals surface area contributed by atoms with Gasteiger partial charge in [-0.3, -0.25) is 14.9 Å². The molecule has 3 aromatic rings. The summed E-state index contributed by atoms with van der Waals surface area (Å²) >= 11 is 1.31. The number of aryl methyl sites for hydroxylation is 1. The van der Waals surface area contributed by atoms with Gasteiger partial charge >= 0.3 is 0 Å². The van der Waals surface area contributed by atoms with Crippen LogP contribution in [0.1, 0.15) is 11.3 Å². The van der Waals surface area contributed by atoms with Crippen molar-refractivity contribution in [2.24, 2.45) is 7.05 Å². The van der Waals surface area contributed by atoms with Crippen LogP contribution in [0.5, 0.6) is 0 Å². The fraction of sp³-hybridized carbons (Fsp3) is 0.278. The number of hydrogen-bond donors (Lipinski definition) is 0. The standard InChI is InChI=1S/C18H17N5O4S/c1-11-14(6-8-27-11)17-19-20-18(21(17)2)28-10-16(24)22-7-5-12-9-13(23(25)26)3-4-15(12)22/h3-4,6,8-9H,5,7,10H2,1-2H3. The molecule has 4 rings (SSSR count). The minimum Gasteiger partial charge on any atom is -0.469 e. The van der Waals surface area contributed by atoms with Crippen molar-refractivity contribution in [3.05, 3.63) is 52.0 Å². The molecule has 9 nitrogen and oxygen atoms in total. The number of benzene rings is 1. The van der Waals surface area contributed by atoms with Crippen LogP contribution >= 0.6 is 11.8 Å². The SMILES string of the molecule is Cc1occc1-c1nnc(SCC(=O)N2CCc3cc([N+](=O)[O-])ccc32)n1C. The van der Waals surface area contributed by atoms with E-state index in [1.54, 1.807) is 17.2 Å². The topological polar surface area (TPSA) is 107 Å². The molecule has 3 heterocycles. The van der Waals surface area contributed by atoms with E-state index in [0.717, 1.165) is 22.6 Å². The number of non-ortho nitro benzene ring substituents is 1. The number of furan rings is 1. The largest absolute Gasteiger partial charge is 0.469 e. The van der Waals surface area contributed by atoms with E-state index in [-0.39, 0.29) is 17.3 Å². The van der Waals surface area contributed by atoms with E-state index in [0.29, 0.717) is 23.9 Å². The number of nitro benzene ring substituents is 1. The van der Waals surface area contributed by atoms with Gasteiger partial charge in [0.1, 0.15) is 5.76 Å². The monoisotopic (exact) mass is 399 g/mol. The molecule has 0 unspecified atom stereocenters. The molecule has 28 heavy (non-hydrogen) atoms. The van der Waals surface area contributed by atoms with Gasteiger partial charge in [0, 0.05) is 31.4 Å². The van der Waals surface area contributed by atoms with E-state index in [2.05, 4.69) is 10.2 Å². The lowest BCUT2D eigenvalue weighted by Gasteiger charge is -2.16. The van der Waals surface area contributed by atoms with Gasteiger partial charge in [-0.15, -0.1) is 10.2 Å². The fourth-order valence-corrected chi connectivity index (χ4v) is 4.04. The van der Waals surface area contributed by atoms with Gasteiger partial charge in [0.15, 0.2) is 11.0 Å². The molecular formula is C18H17N5O4S. The summed E-state index contributed by atoms with van der Waals surface area (Å²) in [6.07, 6.45) is 2.21. The fourth-order valence-electron chi connectivity index (χ4n) is 3.26. The highest BCUT2D eigenvalue weighted by molar-refractivity contribution is 7.99. The third-order valence-electron chi connectivity index (χ3n) is 4.73. The van der Waals surface area contributed by atoms with Gasteiger partial charge in [-0.2, -0.15) is 0 Å². The molecule has 0 radical (unpaired) electrons. The molecule has 1 aliphatic heterocycles. The summed E-state index contributed by atoms with van der Waals surface area (Å²) in [7, 11) is 1.85. The number of nitro groups is 1. The Morgan fingerprint density at radius 2 is 2.18 bits per heavy atom. The lowest BCUT2D eigenvalue weighted by molar-refractivity contribution is -0.384. The molecule has 0 fully saturated rings. The molecule has 0 bridgehead atoms. The van der Waals surface area contributed by atoms with Crippen LogP contribution in [0.2, 0.25) is 0 Å². The molecular weight excluding hydrogens is 382 g/mol. The third kappa shape index (κ3) is 3.15. The highest BCUT2D eigenvalue weighted by atomic mass is 32.2. The van der Waals surface area contributed by atoms with E-state index in [1.165, 1.54) is 23.9 Å². The van der Waals surface area contributed by atoms with Gasteiger partial charge in [-0.25, -0.2) is 0 Å². The normalized spacial score (nSPS) is 13.0. The molecule has 0 atom stereocenters. The summed E-state index contributed by atoms with van der Waals surface area (Å²) in [4.78, 5) is 24.9. The van der Waals surface area contributed by atoms with Gasteiger partial charge < -0.3 is 13.9 Å². The zero-order valence-corrected chi connectivity index (χ0v) is 16.1. The molecule has 1 aromatic carbocycles. The molecule has 1 amide bonds. The van der Waals surface area contributed by atoms with Crippen LogP contribution in [-0.4, -0.2) is 37.9 Å². The first kappa shape index (κ1) is 18.2. The number of nitrogens with zero attached hydrogens (tertiary/aromatic N) is 5. The summed E-state index contributed by atoms with van der Waals surface area (Å²) in [5, 5.41) is 19.9. The van der Waals surface area contributed by atoms with E-state index >= 15 is 0 Å². The Kier molecular flexibility index (Phi) is 4.63. The molecule has 2 aromatic heterocycles. The Bertz CT molecular complexity index is 1070. The van der Waals surface area contributed by atoms with Crippen molar-refractivity contribution in [1.82, 2.24) is 14.8 Å². The summed E-state index contributed by atoms with van der Waals surface area (Å²) in [6, 6.07) is 6.45. The lowest BCUT2D eigenvalue weighted by atomic mass is 10.1. The molecule has 0 spiro atoms. The lowest BCUT2D eigenvalue weighted by Crippen LogP contribution is -2.30. The number of fused-ring (bicyclic) bond motifs is 1. The van der Waals surface area contributed by atoms with Crippen molar-refractivity contribution >= 4 is 29.0 Å². The zero-order valence-electron chi connectivity index (χ0n) is 15.3. The quantitative estimate of drug-likeness (QED) is 0.369. The number of aromatic nitrogens is 3. The van der Waals surface area contributed by atoms with E-state index in [1.807, 2.05) is 24.6 Å². The molecule has 144 valence electrons. The third-order valence-corrected chi connectivity index (χ3v) is 5.73. The van der Waals surface area contributed by atoms with Crippen molar-refractivity contribution in [3.8, 4) is 11.4 Å². The highest BCUT2D eigenvalue weighted by Crippen LogP contribution is 2.32. The second kappa shape index (κ2) is 7.12. The summed E-state index contributed by atoms with van der Waals surface area (Å²) < 4.78 is 7.14. The number of rotatable bonds is 5. The van der Waals surface area contributed by atoms with Gasteiger partial charge in [0.25, 0.3) is 5.69 Å². The van der Waals surface area contributed by atoms with Gasteiger partial charge in [-0.05, 0) is 31.0 Å². The average molecular weight is 399 g/mol. The van der Waals surface area contributed by atoms with Crippen LogP contribution in [-0.2, 0) is 18.3 Å². The molecule has 0 N–H and O–H groups in total. The molecule has 0 saturated heterocycles. The minimum absolute atomic E-state index is 0.0450. The molecule has 10 heteroatoms. The number of carbonyl (C=O) groups excluding carboxylic acids is 1. The van der Waals surface area contributed by atoms with Gasteiger partial charge in [0.2, 0.25) is 5.91 Å². The number of carbonyl (C=O) groups is 1. The van der Waals surface area contributed by atoms with Crippen LogP contribution in [0.25, 0.3) is 11.4 Å². The maximum atomic E-state index is 12.7. The highest BCUT2D eigenvalue weighted by Gasteiger charge is 2.27. The van der Waals surface area contributed by atoms with Crippen molar-refractivity contribution in [2.75, 3.05) is 17.2 Å². The number of hydrogen-bond acceptors (Lipinski definition) is 7. The van der Waals surface area contributed by atoms with E-state index < -0.39 is 4.92 Å². The summed E-state index contributed by atoms with van der Waals surface area (Å²) in [6.45, 7) is 2.38. The van der Waals surface area contributed by atoms with Crippen molar-refractivity contribution < 1.29 is 14.1 Å². The van der Waals surface area contributed by atoms with Crippen molar-refractivity contribution in [1.29, 1.82) is 0 Å². The maximum absolute atomic E-state index is 12.7. The van der Waals surface area contributed by atoms with Crippen LogP contribution in [0.4, 0.5) is 11.4 Å². The predicted molar refractivity (Wildman–Crippen MR) is 103 cm³/mol. The molecule has 1 aliphatic rings. The smallest absolute Gasteiger partial charge is 0.269 e. The predicted octanol–water partition coefficient (Wildman–Crippen LogP) is 2.97. The van der Waals surface area contributed by atoms with Gasteiger partial charge in [-0.1, -0.05) is 11.8 Å². The maximum Gasteiger partial charge on any atom is 0.269 e. The van der Waals surface area contributed by atoms with Crippen molar-refractivity contribution in [2.45, 2.75) is 18.5 Å². The van der Waals surface area contributed by atoms with E-state index in [4.69, 9.17) is 4.42 Å². The second-order valence-corrected chi connectivity index (χ2v) is 7.35. The van der Waals surface area contributed by atoms with Crippen LogP contribution in [0, 0.1) is 17.0 Å². The van der Waals surface area contributed by atoms with E-state index in [9.17, 15) is 14.9 Å². The summed E-state index contributed by atoms with van der Waals surface area (Å²) in [5.74, 6) is 1.57. The zero-order chi connectivity index (χ0) is 19.8. The van der Waals surface area contributed by atoms with Crippen LogP contribution in [0.3, 0.4) is 0 Å². The Hall–Kier alpha value is -3.14. The first-order valence-corrected chi connectivity index (χ1v) is 9.58. The van der Waals surface area contributed by atoms with Gasteiger partial charge in [0.05, 0.1) is 22.5 Å². The Morgan fingerprint density at radius 1 is 1.36 bits per heavy atom. The Labute approximate surface area is 164 Å². The molecule has 0 saturated carbocycles.